The number of carbonyl (C=O) groups is 2. The monoisotopic (exact) mass is 369 g/mol. The number of amides is 1. The van der Waals surface area contributed by atoms with E-state index in [1.165, 1.54) is 0 Å². The highest BCUT2D eigenvalue weighted by molar-refractivity contribution is 8.03. The molecular weight excluding hydrogens is 350 g/mol. The number of thioether (sulfide) groups is 1. The smallest absolute Gasteiger partial charge is 0.316 e. The fourth-order valence-corrected chi connectivity index (χ4v) is 3.59. The Balaban J connectivity index is 2.38. The standard InChI is InChI=1S/C19H19N3O3S/c1-3-8-25-16(23)11-26-19-15(10-21)17(14(9-20)18(24)22-19)13-7-5-4-6-12(13)2/h4-7,14,17H,3,8,11H2,1-2H3,(H,22,24)/t14-,17-/m1/s1. The van der Waals surface area contributed by atoms with E-state index in [1.807, 2.05) is 44.2 Å². The summed E-state index contributed by atoms with van der Waals surface area (Å²) >= 11 is 1.05. The number of benzene rings is 1. The van der Waals surface area contributed by atoms with Crippen molar-refractivity contribution in [1.82, 2.24) is 5.32 Å². The second-order valence-corrected chi connectivity index (χ2v) is 6.78. The molecule has 2 rings (SSSR count). The highest BCUT2D eigenvalue weighted by Gasteiger charge is 2.40. The van der Waals surface area contributed by atoms with Crippen LogP contribution in [-0.4, -0.2) is 24.2 Å². The van der Waals surface area contributed by atoms with Gasteiger partial charge >= 0.3 is 5.97 Å². The summed E-state index contributed by atoms with van der Waals surface area (Å²) in [4.78, 5) is 24.1. The van der Waals surface area contributed by atoms with Gasteiger partial charge in [-0.3, -0.25) is 9.59 Å². The number of carbonyl (C=O) groups excluding carboxylic acids is 2. The lowest BCUT2D eigenvalue weighted by Gasteiger charge is -2.29. The molecule has 7 heteroatoms. The first-order chi connectivity index (χ1) is 12.5. The lowest BCUT2D eigenvalue weighted by atomic mass is 9.78. The summed E-state index contributed by atoms with van der Waals surface area (Å²) in [5, 5.41) is 22.1. The number of hydrogen-bond donors (Lipinski definition) is 1. The van der Waals surface area contributed by atoms with E-state index in [0.717, 1.165) is 29.3 Å². The Bertz CT molecular complexity index is 820. The van der Waals surface area contributed by atoms with Crippen LogP contribution < -0.4 is 5.32 Å². The predicted octanol–water partition coefficient (Wildman–Crippen LogP) is 2.77. The first kappa shape index (κ1) is 19.6. The summed E-state index contributed by atoms with van der Waals surface area (Å²) in [6, 6.07) is 11.5. The summed E-state index contributed by atoms with van der Waals surface area (Å²) in [5.41, 5.74) is 1.95. The first-order valence-electron chi connectivity index (χ1n) is 8.22. The van der Waals surface area contributed by atoms with Crippen molar-refractivity contribution in [3.05, 3.63) is 46.0 Å². The van der Waals surface area contributed by atoms with Crippen LogP contribution in [0.15, 0.2) is 34.9 Å². The molecule has 1 aromatic rings. The van der Waals surface area contributed by atoms with Crippen LogP contribution in [-0.2, 0) is 14.3 Å². The average Bonchev–Trinajstić information content (AvgIpc) is 2.64. The van der Waals surface area contributed by atoms with Gasteiger partial charge in [-0.05, 0) is 24.5 Å². The molecule has 0 fully saturated rings. The Kier molecular flexibility index (Phi) is 6.82. The molecule has 2 atom stereocenters. The van der Waals surface area contributed by atoms with Crippen LogP contribution in [0, 0.1) is 35.5 Å². The van der Waals surface area contributed by atoms with E-state index in [0.29, 0.717) is 17.2 Å². The molecule has 0 unspecified atom stereocenters. The Morgan fingerprint density at radius 3 is 2.69 bits per heavy atom. The topological polar surface area (TPSA) is 103 Å². The summed E-state index contributed by atoms with van der Waals surface area (Å²) < 4.78 is 5.02. The van der Waals surface area contributed by atoms with Gasteiger partial charge < -0.3 is 10.1 Å². The van der Waals surface area contributed by atoms with Crippen molar-refractivity contribution in [1.29, 1.82) is 10.5 Å². The molecular formula is C19H19N3O3S. The second-order valence-electron chi connectivity index (χ2n) is 5.79. The summed E-state index contributed by atoms with van der Waals surface area (Å²) in [7, 11) is 0. The van der Waals surface area contributed by atoms with Gasteiger partial charge in [0.05, 0.1) is 35.1 Å². The largest absolute Gasteiger partial charge is 0.465 e. The van der Waals surface area contributed by atoms with Gasteiger partial charge in [-0.15, -0.1) is 0 Å². The zero-order valence-corrected chi connectivity index (χ0v) is 15.4. The van der Waals surface area contributed by atoms with E-state index < -0.39 is 23.7 Å². The van der Waals surface area contributed by atoms with E-state index in [9.17, 15) is 20.1 Å². The molecule has 134 valence electrons. The van der Waals surface area contributed by atoms with Crippen molar-refractivity contribution in [3.63, 3.8) is 0 Å². The Labute approximate surface area is 156 Å². The van der Waals surface area contributed by atoms with E-state index in [4.69, 9.17) is 4.74 Å². The summed E-state index contributed by atoms with van der Waals surface area (Å²) in [5.74, 6) is -2.55. The Morgan fingerprint density at radius 2 is 2.08 bits per heavy atom. The highest BCUT2D eigenvalue weighted by atomic mass is 32.2. The van der Waals surface area contributed by atoms with E-state index in [1.54, 1.807) is 0 Å². The van der Waals surface area contributed by atoms with Crippen LogP contribution in [0.4, 0.5) is 0 Å². The molecule has 1 aliphatic heterocycles. The Morgan fingerprint density at radius 1 is 1.35 bits per heavy atom. The third kappa shape index (κ3) is 4.25. The van der Waals surface area contributed by atoms with Gasteiger partial charge in [0.25, 0.3) is 0 Å². The lowest BCUT2D eigenvalue weighted by molar-refractivity contribution is -0.140. The van der Waals surface area contributed by atoms with Crippen molar-refractivity contribution in [3.8, 4) is 12.1 Å². The second kappa shape index (κ2) is 9.07. The molecule has 0 saturated carbocycles. The number of nitrogens with zero attached hydrogens (tertiary/aromatic N) is 2. The van der Waals surface area contributed by atoms with Crippen LogP contribution in [0.2, 0.25) is 0 Å². The van der Waals surface area contributed by atoms with Crippen molar-refractivity contribution < 1.29 is 14.3 Å². The molecule has 0 bridgehead atoms. The minimum atomic E-state index is -0.998. The van der Waals surface area contributed by atoms with Crippen molar-refractivity contribution in [2.24, 2.45) is 5.92 Å². The summed E-state index contributed by atoms with van der Waals surface area (Å²) in [6.45, 7) is 4.10. The summed E-state index contributed by atoms with van der Waals surface area (Å²) in [6.07, 6.45) is 0.721. The van der Waals surface area contributed by atoms with Crippen LogP contribution >= 0.6 is 11.8 Å². The van der Waals surface area contributed by atoms with Gasteiger partial charge in [0.2, 0.25) is 5.91 Å². The molecule has 1 amide bonds. The molecule has 0 spiro atoms. The SMILES string of the molecule is CCCOC(=O)CSC1=C(C#N)[C@H](c2ccccc2C)[C@@H](C#N)C(=O)N1. The fraction of sp³-hybridized carbons (Fsp3) is 0.368. The normalized spacial score (nSPS) is 19.3. The van der Waals surface area contributed by atoms with Crippen molar-refractivity contribution in [2.45, 2.75) is 26.2 Å². The number of rotatable bonds is 6. The van der Waals surface area contributed by atoms with Crippen LogP contribution in [0.5, 0.6) is 0 Å². The minimum Gasteiger partial charge on any atom is -0.465 e. The van der Waals surface area contributed by atoms with E-state index in [-0.39, 0.29) is 5.75 Å². The molecule has 0 radical (unpaired) electrons. The number of ether oxygens (including phenoxy) is 1. The third-order valence-electron chi connectivity index (χ3n) is 3.99. The minimum absolute atomic E-state index is 0.0154. The number of esters is 1. The van der Waals surface area contributed by atoms with Crippen molar-refractivity contribution in [2.75, 3.05) is 12.4 Å². The molecule has 0 saturated heterocycles. The molecule has 1 aromatic carbocycles. The number of allylic oxidation sites excluding steroid dienone is 1. The van der Waals surface area contributed by atoms with Gasteiger partial charge in [0, 0.05) is 5.92 Å². The lowest BCUT2D eigenvalue weighted by Crippen LogP contribution is -2.39. The quantitative estimate of drug-likeness (QED) is 0.774. The molecule has 1 N–H and O–H groups in total. The Hall–Kier alpha value is -2.77. The van der Waals surface area contributed by atoms with Crippen LogP contribution in [0.3, 0.4) is 0 Å². The maximum absolute atomic E-state index is 12.4. The molecule has 0 aromatic heterocycles. The van der Waals surface area contributed by atoms with E-state index >= 15 is 0 Å². The third-order valence-corrected chi connectivity index (χ3v) is 4.98. The zero-order chi connectivity index (χ0) is 19.1. The maximum Gasteiger partial charge on any atom is 0.316 e. The van der Waals surface area contributed by atoms with Crippen LogP contribution in [0.25, 0.3) is 0 Å². The van der Waals surface area contributed by atoms with Gasteiger partial charge in [0.1, 0.15) is 5.92 Å². The first-order valence-corrected chi connectivity index (χ1v) is 9.20. The zero-order valence-electron chi connectivity index (χ0n) is 14.6. The predicted molar refractivity (Wildman–Crippen MR) is 97.5 cm³/mol. The maximum atomic E-state index is 12.4. The van der Waals surface area contributed by atoms with E-state index in [2.05, 4.69) is 11.4 Å². The fourth-order valence-electron chi connectivity index (χ4n) is 2.74. The van der Waals surface area contributed by atoms with Gasteiger partial charge in [-0.1, -0.05) is 43.0 Å². The molecule has 1 heterocycles. The number of hydrogen-bond acceptors (Lipinski definition) is 6. The highest BCUT2D eigenvalue weighted by Crippen LogP contribution is 2.40. The van der Waals surface area contributed by atoms with Crippen molar-refractivity contribution >= 4 is 23.6 Å². The number of nitrogens with one attached hydrogen (secondary N) is 1. The van der Waals surface area contributed by atoms with Crippen LogP contribution in [0.1, 0.15) is 30.4 Å². The molecule has 26 heavy (non-hydrogen) atoms. The average molecular weight is 369 g/mol. The molecule has 1 aliphatic rings. The van der Waals surface area contributed by atoms with Gasteiger partial charge in [-0.25, -0.2) is 0 Å². The molecule has 0 aliphatic carbocycles. The van der Waals surface area contributed by atoms with Gasteiger partial charge in [-0.2, -0.15) is 10.5 Å². The van der Waals surface area contributed by atoms with Gasteiger partial charge in [0.15, 0.2) is 0 Å². The molecule has 6 nitrogen and oxygen atoms in total. The number of nitriles is 2. The number of aryl methyl sites for hydroxylation is 1.